The molecule has 0 saturated heterocycles. The molecule has 3 heterocycles. The minimum atomic E-state index is -4.94. The molecule has 172 valence electrons. The Labute approximate surface area is 187 Å². The van der Waals surface area contributed by atoms with Gasteiger partial charge >= 0.3 is 12.4 Å². The smallest absolute Gasteiger partial charge is 0.406 e. The van der Waals surface area contributed by atoms with Crippen LogP contribution in [0.5, 0.6) is 5.75 Å². The van der Waals surface area contributed by atoms with E-state index in [1.807, 2.05) is 6.07 Å². The topological polar surface area (TPSA) is 101 Å². The van der Waals surface area contributed by atoms with E-state index >= 15 is 0 Å². The van der Waals surface area contributed by atoms with Gasteiger partial charge in [0.1, 0.15) is 5.75 Å². The van der Waals surface area contributed by atoms with Crippen LogP contribution in [0.3, 0.4) is 0 Å². The van der Waals surface area contributed by atoms with Crippen molar-refractivity contribution in [1.29, 1.82) is 0 Å². The van der Waals surface area contributed by atoms with Crippen LogP contribution in [0.1, 0.15) is 16.8 Å². The Morgan fingerprint density at radius 2 is 1.85 bits per heavy atom. The molecule has 33 heavy (non-hydrogen) atoms. The standard InChI is InChI=1S/C21H17F3N4O4S/c22-21(23,24)32-17-2-1-3-18(8-17)33(30,31)19-5-4-16(26-11-19)10-27-20(29)28-12-14-6-7-25-9-15(14)13-28/h1-9,11H,10,12-13H2,(H,27,29). The van der Waals surface area contributed by atoms with E-state index in [2.05, 4.69) is 20.0 Å². The van der Waals surface area contributed by atoms with Crippen molar-refractivity contribution in [3.8, 4) is 5.75 Å². The monoisotopic (exact) mass is 478 g/mol. The number of alkyl halides is 3. The molecular weight excluding hydrogens is 461 g/mol. The molecule has 12 heteroatoms. The number of amides is 2. The molecule has 0 radical (unpaired) electrons. The highest BCUT2D eigenvalue weighted by molar-refractivity contribution is 7.91. The van der Waals surface area contributed by atoms with Crippen LogP contribution < -0.4 is 10.1 Å². The first-order valence-electron chi connectivity index (χ1n) is 9.62. The quantitative estimate of drug-likeness (QED) is 0.603. The van der Waals surface area contributed by atoms with Crippen LogP contribution in [0.25, 0.3) is 0 Å². The van der Waals surface area contributed by atoms with Crippen LogP contribution in [0.15, 0.2) is 70.8 Å². The summed E-state index contributed by atoms with van der Waals surface area (Å²) in [5.41, 5.74) is 2.41. The lowest BCUT2D eigenvalue weighted by Crippen LogP contribution is -2.36. The van der Waals surface area contributed by atoms with E-state index in [0.717, 1.165) is 41.6 Å². The van der Waals surface area contributed by atoms with Crippen LogP contribution in [0.2, 0.25) is 0 Å². The van der Waals surface area contributed by atoms with Gasteiger partial charge in [-0.2, -0.15) is 0 Å². The second kappa shape index (κ2) is 8.70. The van der Waals surface area contributed by atoms with Gasteiger partial charge in [-0.3, -0.25) is 9.97 Å². The van der Waals surface area contributed by atoms with E-state index in [4.69, 9.17) is 0 Å². The van der Waals surface area contributed by atoms with Gasteiger partial charge in [0.05, 0.1) is 22.0 Å². The molecule has 1 aliphatic rings. The molecule has 2 aromatic heterocycles. The molecule has 1 aromatic carbocycles. The second-order valence-electron chi connectivity index (χ2n) is 7.17. The molecule has 0 spiro atoms. The molecule has 0 aliphatic carbocycles. The number of hydrogen-bond acceptors (Lipinski definition) is 6. The third-order valence-corrected chi connectivity index (χ3v) is 6.63. The van der Waals surface area contributed by atoms with Gasteiger partial charge in [-0.25, -0.2) is 13.2 Å². The van der Waals surface area contributed by atoms with Crippen molar-refractivity contribution in [3.05, 3.63) is 77.9 Å². The largest absolute Gasteiger partial charge is 0.573 e. The highest BCUT2D eigenvalue weighted by atomic mass is 32.2. The molecule has 3 aromatic rings. The highest BCUT2D eigenvalue weighted by Gasteiger charge is 2.31. The summed E-state index contributed by atoms with van der Waals surface area (Å²) in [7, 11) is -4.12. The zero-order valence-electron chi connectivity index (χ0n) is 16.9. The van der Waals surface area contributed by atoms with Gasteiger partial charge in [0.25, 0.3) is 0 Å². The minimum absolute atomic E-state index is 0.0686. The lowest BCUT2D eigenvalue weighted by atomic mass is 10.2. The first-order chi connectivity index (χ1) is 15.6. The lowest BCUT2D eigenvalue weighted by Gasteiger charge is -2.16. The van der Waals surface area contributed by atoms with Crippen LogP contribution in [-0.4, -0.2) is 35.7 Å². The fraction of sp³-hybridized carbons (Fsp3) is 0.190. The van der Waals surface area contributed by atoms with Gasteiger partial charge in [0.15, 0.2) is 0 Å². The Hall–Kier alpha value is -3.67. The summed E-state index contributed by atoms with van der Waals surface area (Å²) in [4.78, 5) is 21.5. The molecule has 0 unspecified atom stereocenters. The molecule has 0 bridgehead atoms. The van der Waals surface area contributed by atoms with E-state index < -0.39 is 21.9 Å². The predicted molar refractivity (Wildman–Crippen MR) is 109 cm³/mol. The number of nitrogens with one attached hydrogen (secondary N) is 1. The number of pyridine rings is 2. The molecular formula is C21H17F3N4O4S. The number of sulfone groups is 1. The Balaban J connectivity index is 1.40. The van der Waals surface area contributed by atoms with E-state index in [1.165, 1.54) is 12.1 Å². The average Bonchev–Trinajstić information content (AvgIpc) is 3.21. The maximum Gasteiger partial charge on any atom is 0.573 e. The Bertz CT molecular complexity index is 1260. The van der Waals surface area contributed by atoms with Gasteiger partial charge in [0, 0.05) is 31.7 Å². The van der Waals surface area contributed by atoms with Gasteiger partial charge < -0.3 is 15.0 Å². The number of ether oxygens (including phenoxy) is 1. The van der Waals surface area contributed by atoms with E-state index in [0.29, 0.717) is 18.8 Å². The lowest BCUT2D eigenvalue weighted by molar-refractivity contribution is -0.274. The molecule has 4 rings (SSSR count). The Kier molecular flexibility index (Phi) is 5.93. The molecule has 8 nitrogen and oxygen atoms in total. The van der Waals surface area contributed by atoms with Crippen LogP contribution in [0, 0.1) is 0 Å². The van der Waals surface area contributed by atoms with Crippen molar-refractivity contribution in [1.82, 2.24) is 20.2 Å². The fourth-order valence-electron chi connectivity index (χ4n) is 3.29. The normalized spacial score (nSPS) is 13.5. The summed E-state index contributed by atoms with van der Waals surface area (Å²) in [5.74, 6) is -0.643. The summed E-state index contributed by atoms with van der Waals surface area (Å²) in [6, 6.07) is 8.37. The molecule has 1 N–H and O–H groups in total. The zero-order chi connectivity index (χ0) is 23.6. The van der Waals surface area contributed by atoms with Crippen molar-refractivity contribution >= 4 is 15.9 Å². The number of rotatable bonds is 5. The highest BCUT2D eigenvalue weighted by Crippen LogP contribution is 2.28. The van der Waals surface area contributed by atoms with Gasteiger partial charge in [0.2, 0.25) is 9.84 Å². The number of carbonyl (C=O) groups excluding carboxylic acids is 1. The summed E-state index contributed by atoms with van der Waals surface area (Å²) < 4.78 is 66.5. The SMILES string of the molecule is O=C(NCc1ccc(S(=O)(=O)c2cccc(OC(F)(F)F)c2)cn1)N1Cc2ccncc2C1. The first-order valence-corrected chi connectivity index (χ1v) is 11.1. The molecule has 2 amide bonds. The van der Waals surface area contributed by atoms with Crippen molar-refractivity contribution in [2.75, 3.05) is 0 Å². The summed E-state index contributed by atoms with van der Waals surface area (Å²) in [5, 5.41) is 2.73. The minimum Gasteiger partial charge on any atom is -0.406 e. The number of hydrogen-bond donors (Lipinski definition) is 1. The van der Waals surface area contributed by atoms with Crippen molar-refractivity contribution < 1.29 is 31.1 Å². The number of carbonyl (C=O) groups is 1. The Morgan fingerprint density at radius 1 is 1.06 bits per heavy atom. The molecule has 0 saturated carbocycles. The van der Waals surface area contributed by atoms with E-state index in [1.54, 1.807) is 17.3 Å². The van der Waals surface area contributed by atoms with Crippen molar-refractivity contribution in [2.24, 2.45) is 0 Å². The number of nitrogens with zero attached hydrogens (tertiary/aromatic N) is 3. The number of fused-ring (bicyclic) bond motifs is 1. The van der Waals surface area contributed by atoms with Crippen LogP contribution in [-0.2, 0) is 29.5 Å². The van der Waals surface area contributed by atoms with Gasteiger partial charge in [-0.15, -0.1) is 13.2 Å². The zero-order valence-corrected chi connectivity index (χ0v) is 17.7. The number of urea groups is 1. The average molecular weight is 478 g/mol. The fourth-order valence-corrected chi connectivity index (χ4v) is 4.53. The van der Waals surface area contributed by atoms with E-state index in [9.17, 15) is 26.4 Å². The molecule has 0 atom stereocenters. The van der Waals surface area contributed by atoms with Gasteiger partial charge in [-0.05, 0) is 47.5 Å². The molecule has 0 fully saturated rings. The van der Waals surface area contributed by atoms with Gasteiger partial charge in [-0.1, -0.05) is 6.07 Å². The Morgan fingerprint density at radius 3 is 2.55 bits per heavy atom. The summed E-state index contributed by atoms with van der Waals surface area (Å²) >= 11 is 0. The second-order valence-corrected chi connectivity index (χ2v) is 9.12. The van der Waals surface area contributed by atoms with Crippen LogP contribution in [0.4, 0.5) is 18.0 Å². The number of aromatic nitrogens is 2. The van der Waals surface area contributed by atoms with Crippen molar-refractivity contribution in [2.45, 2.75) is 35.8 Å². The van der Waals surface area contributed by atoms with Crippen molar-refractivity contribution in [3.63, 3.8) is 0 Å². The third kappa shape index (κ3) is 5.22. The maximum absolute atomic E-state index is 12.8. The number of halogens is 3. The third-order valence-electron chi connectivity index (χ3n) is 4.89. The van der Waals surface area contributed by atoms with E-state index in [-0.39, 0.29) is 22.4 Å². The summed E-state index contributed by atoms with van der Waals surface area (Å²) in [6.45, 7) is 0.974. The number of benzene rings is 1. The van der Waals surface area contributed by atoms with Crippen LogP contribution >= 0.6 is 0 Å². The maximum atomic E-state index is 12.8. The predicted octanol–water partition coefficient (Wildman–Crippen LogP) is 3.43. The first kappa shape index (κ1) is 22.5. The summed E-state index contributed by atoms with van der Waals surface area (Å²) in [6.07, 6.45) is -0.468. The molecule has 1 aliphatic heterocycles.